The third kappa shape index (κ3) is 5.31. The molecule has 2 aliphatic rings. The van der Waals surface area contributed by atoms with Gasteiger partial charge in [0.25, 0.3) is 11.8 Å². The van der Waals surface area contributed by atoms with Gasteiger partial charge in [-0.1, -0.05) is 42.5 Å². The maximum absolute atomic E-state index is 13.5. The fourth-order valence-corrected chi connectivity index (χ4v) is 4.38. The van der Waals surface area contributed by atoms with Crippen LogP contribution in [0, 0.1) is 5.82 Å². The fourth-order valence-electron chi connectivity index (χ4n) is 4.38. The van der Waals surface area contributed by atoms with E-state index in [1.54, 1.807) is 12.1 Å². The van der Waals surface area contributed by atoms with E-state index in [0.717, 1.165) is 19.6 Å². The second kappa shape index (κ2) is 10.7. The molecule has 0 saturated carbocycles. The average Bonchev–Trinajstić information content (AvgIpc) is 3.08. The molecule has 2 amide bonds. The van der Waals surface area contributed by atoms with E-state index in [9.17, 15) is 14.0 Å². The maximum atomic E-state index is 13.5. The SMILES string of the molecule is CCOCCCN1C(=O)C(c2ccc(F)cc2)=C(N2CCN(Cc3ccccc3)CC2)C1=O. The Morgan fingerprint density at radius 1 is 0.909 bits per heavy atom. The van der Waals surface area contributed by atoms with E-state index >= 15 is 0 Å². The normalized spacial score (nSPS) is 17.4. The van der Waals surface area contributed by atoms with Crippen molar-refractivity contribution in [2.75, 3.05) is 45.9 Å². The van der Waals surface area contributed by atoms with Crippen LogP contribution < -0.4 is 0 Å². The minimum atomic E-state index is -0.374. The lowest BCUT2D eigenvalue weighted by Gasteiger charge is -2.36. The van der Waals surface area contributed by atoms with Crippen molar-refractivity contribution >= 4 is 17.4 Å². The molecule has 2 heterocycles. The van der Waals surface area contributed by atoms with Gasteiger partial charge in [0.1, 0.15) is 11.5 Å². The van der Waals surface area contributed by atoms with Gasteiger partial charge in [-0.15, -0.1) is 0 Å². The first-order valence-electron chi connectivity index (χ1n) is 11.5. The summed E-state index contributed by atoms with van der Waals surface area (Å²) in [4.78, 5) is 32.4. The van der Waals surface area contributed by atoms with Crippen molar-refractivity contribution in [1.29, 1.82) is 0 Å². The standard InChI is InChI=1S/C26H30FN3O3/c1-2-33-18-6-13-30-25(31)23(21-9-11-22(27)12-10-21)24(26(30)32)29-16-14-28(15-17-29)19-20-7-4-3-5-8-20/h3-5,7-12H,2,6,13-19H2,1H3. The number of carbonyl (C=O) groups is 2. The van der Waals surface area contributed by atoms with Crippen LogP contribution in [0.5, 0.6) is 0 Å². The third-order valence-electron chi connectivity index (χ3n) is 6.09. The molecule has 1 saturated heterocycles. The van der Waals surface area contributed by atoms with Crippen LogP contribution in [0.15, 0.2) is 60.3 Å². The van der Waals surface area contributed by atoms with Gasteiger partial charge in [-0.25, -0.2) is 4.39 Å². The molecule has 0 radical (unpaired) electrons. The number of hydrogen-bond donors (Lipinski definition) is 0. The number of piperazine rings is 1. The Morgan fingerprint density at radius 2 is 1.61 bits per heavy atom. The molecule has 0 spiro atoms. The number of benzene rings is 2. The summed E-state index contributed by atoms with van der Waals surface area (Å²) in [5.41, 5.74) is 2.63. The quantitative estimate of drug-likeness (QED) is 0.433. The largest absolute Gasteiger partial charge is 0.382 e. The number of ether oxygens (including phenoxy) is 1. The number of hydrogen-bond acceptors (Lipinski definition) is 5. The van der Waals surface area contributed by atoms with Crippen LogP contribution in [-0.2, 0) is 20.9 Å². The zero-order valence-electron chi connectivity index (χ0n) is 19.0. The topological polar surface area (TPSA) is 53.1 Å². The molecule has 0 aromatic heterocycles. The van der Waals surface area contributed by atoms with Crippen LogP contribution in [0.25, 0.3) is 5.57 Å². The van der Waals surface area contributed by atoms with Gasteiger partial charge in [0.05, 0.1) is 5.57 Å². The first kappa shape index (κ1) is 23.1. The second-order valence-corrected chi connectivity index (χ2v) is 8.29. The smallest absolute Gasteiger partial charge is 0.277 e. The predicted octanol–water partition coefficient (Wildman–Crippen LogP) is 3.15. The van der Waals surface area contributed by atoms with E-state index in [1.807, 2.05) is 30.0 Å². The summed E-state index contributed by atoms with van der Waals surface area (Å²) in [6.45, 7) is 7.05. The number of amides is 2. The molecule has 0 unspecified atom stereocenters. The van der Waals surface area contributed by atoms with Crippen molar-refractivity contribution in [3.63, 3.8) is 0 Å². The molecule has 0 atom stereocenters. The first-order valence-corrected chi connectivity index (χ1v) is 11.5. The zero-order chi connectivity index (χ0) is 23.2. The highest BCUT2D eigenvalue weighted by atomic mass is 19.1. The number of carbonyl (C=O) groups excluding carboxylic acids is 2. The highest BCUT2D eigenvalue weighted by molar-refractivity contribution is 6.35. The van der Waals surface area contributed by atoms with Crippen molar-refractivity contribution < 1.29 is 18.7 Å². The highest BCUT2D eigenvalue weighted by Crippen LogP contribution is 2.32. The number of halogens is 1. The lowest BCUT2D eigenvalue weighted by Crippen LogP contribution is -2.47. The van der Waals surface area contributed by atoms with Crippen LogP contribution in [-0.4, -0.2) is 72.5 Å². The summed E-state index contributed by atoms with van der Waals surface area (Å²) in [5.74, 6) is -0.960. The van der Waals surface area contributed by atoms with E-state index in [1.165, 1.54) is 22.6 Å². The molecule has 33 heavy (non-hydrogen) atoms. The molecule has 0 bridgehead atoms. The van der Waals surface area contributed by atoms with E-state index in [2.05, 4.69) is 17.0 Å². The van der Waals surface area contributed by atoms with Crippen LogP contribution >= 0.6 is 0 Å². The van der Waals surface area contributed by atoms with Crippen molar-refractivity contribution in [2.45, 2.75) is 19.9 Å². The van der Waals surface area contributed by atoms with Crippen molar-refractivity contribution in [2.24, 2.45) is 0 Å². The summed E-state index contributed by atoms with van der Waals surface area (Å²) in [7, 11) is 0. The van der Waals surface area contributed by atoms with E-state index in [0.29, 0.717) is 56.1 Å². The number of imide groups is 1. The van der Waals surface area contributed by atoms with Gasteiger partial charge in [0, 0.05) is 52.5 Å². The van der Waals surface area contributed by atoms with Gasteiger partial charge in [-0.3, -0.25) is 19.4 Å². The molecule has 2 aromatic carbocycles. The zero-order valence-corrected chi connectivity index (χ0v) is 19.0. The molecule has 2 aromatic rings. The van der Waals surface area contributed by atoms with Gasteiger partial charge < -0.3 is 9.64 Å². The lowest BCUT2D eigenvalue weighted by atomic mass is 10.0. The van der Waals surface area contributed by atoms with Crippen LogP contribution in [0.4, 0.5) is 4.39 Å². The maximum Gasteiger partial charge on any atom is 0.277 e. The number of rotatable bonds is 9. The summed E-state index contributed by atoms with van der Waals surface area (Å²) in [5, 5.41) is 0. The average molecular weight is 452 g/mol. The highest BCUT2D eigenvalue weighted by Gasteiger charge is 2.41. The molecule has 0 aliphatic carbocycles. The monoisotopic (exact) mass is 451 g/mol. The second-order valence-electron chi connectivity index (χ2n) is 8.29. The van der Waals surface area contributed by atoms with E-state index in [4.69, 9.17) is 4.74 Å². The van der Waals surface area contributed by atoms with Crippen molar-refractivity contribution in [3.05, 3.63) is 77.2 Å². The van der Waals surface area contributed by atoms with Crippen LogP contribution in [0.3, 0.4) is 0 Å². The Kier molecular flexibility index (Phi) is 7.52. The Morgan fingerprint density at radius 3 is 2.27 bits per heavy atom. The van der Waals surface area contributed by atoms with Gasteiger partial charge in [-0.2, -0.15) is 0 Å². The fraction of sp³-hybridized carbons (Fsp3) is 0.385. The minimum absolute atomic E-state index is 0.271. The molecule has 6 nitrogen and oxygen atoms in total. The molecule has 0 N–H and O–H groups in total. The first-order chi connectivity index (χ1) is 16.1. The lowest BCUT2D eigenvalue weighted by molar-refractivity contribution is -0.137. The number of nitrogens with zero attached hydrogens (tertiary/aromatic N) is 3. The molecular weight excluding hydrogens is 421 g/mol. The summed E-state index contributed by atoms with van der Waals surface area (Å²) in [6, 6.07) is 16.1. The Hall–Kier alpha value is -3.03. The van der Waals surface area contributed by atoms with Gasteiger partial charge >= 0.3 is 0 Å². The Labute approximate surface area is 194 Å². The Bertz CT molecular complexity index is 999. The van der Waals surface area contributed by atoms with E-state index in [-0.39, 0.29) is 17.6 Å². The van der Waals surface area contributed by atoms with Crippen molar-refractivity contribution in [3.8, 4) is 0 Å². The molecule has 174 valence electrons. The van der Waals surface area contributed by atoms with Crippen molar-refractivity contribution in [1.82, 2.24) is 14.7 Å². The molecule has 7 heteroatoms. The minimum Gasteiger partial charge on any atom is -0.382 e. The molecule has 4 rings (SSSR count). The van der Waals surface area contributed by atoms with E-state index < -0.39 is 0 Å². The molecular formula is C26H30FN3O3. The summed E-state index contributed by atoms with van der Waals surface area (Å²) < 4.78 is 18.9. The third-order valence-corrected chi connectivity index (χ3v) is 6.09. The summed E-state index contributed by atoms with van der Waals surface area (Å²) >= 11 is 0. The summed E-state index contributed by atoms with van der Waals surface area (Å²) in [6.07, 6.45) is 0.583. The molecule has 2 aliphatic heterocycles. The Balaban J connectivity index is 1.52. The van der Waals surface area contributed by atoms with Gasteiger partial charge in [0.2, 0.25) is 0 Å². The predicted molar refractivity (Wildman–Crippen MR) is 124 cm³/mol. The van der Waals surface area contributed by atoms with Gasteiger partial charge in [0.15, 0.2) is 0 Å². The van der Waals surface area contributed by atoms with Crippen LogP contribution in [0.2, 0.25) is 0 Å². The van der Waals surface area contributed by atoms with Gasteiger partial charge in [-0.05, 0) is 36.6 Å². The van der Waals surface area contributed by atoms with Crippen LogP contribution in [0.1, 0.15) is 24.5 Å². The molecule has 1 fully saturated rings.